The number of nitrogens with zero attached hydrogens (tertiary/aromatic N) is 3. The van der Waals surface area contributed by atoms with Crippen LogP contribution in [0.5, 0.6) is 11.5 Å². The number of ether oxygens (including phenoxy) is 2. The van der Waals surface area contributed by atoms with Crippen LogP contribution in [-0.2, 0) is 17.8 Å². The largest absolute Gasteiger partial charge is 0.493 e. The summed E-state index contributed by atoms with van der Waals surface area (Å²) in [6.07, 6.45) is 0.904. The monoisotopic (exact) mass is 432 g/mol. The van der Waals surface area contributed by atoms with E-state index in [4.69, 9.17) is 9.47 Å². The zero-order valence-corrected chi connectivity index (χ0v) is 19.5. The smallest absolute Gasteiger partial charge is 0.243 e. The van der Waals surface area contributed by atoms with Crippen molar-refractivity contribution in [3.8, 4) is 11.5 Å². The molecule has 1 heterocycles. The lowest BCUT2D eigenvalue weighted by Crippen LogP contribution is -2.40. The lowest BCUT2D eigenvalue weighted by atomic mass is 10.1. The molecule has 2 aromatic rings. The van der Waals surface area contributed by atoms with Crippen molar-refractivity contribution < 1.29 is 14.3 Å². The second-order valence-corrected chi connectivity index (χ2v) is 8.21. The van der Waals surface area contributed by atoms with Gasteiger partial charge in [0.05, 0.1) is 14.2 Å². The molecule has 0 fully saturated rings. The number of likely N-dealkylation sites (N-methyl/N-ethyl adjacent to an activating group) is 1. The Morgan fingerprint density at radius 2 is 1.87 bits per heavy atom. The van der Waals surface area contributed by atoms with Gasteiger partial charge in [0.1, 0.15) is 6.54 Å². The molecule has 1 aromatic heterocycles. The van der Waals surface area contributed by atoms with Crippen LogP contribution in [-0.4, -0.2) is 70.1 Å². The number of hydrogen-bond donors (Lipinski definition) is 1. The van der Waals surface area contributed by atoms with Crippen molar-refractivity contribution in [3.05, 3.63) is 45.6 Å². The highest BCUT2D eigenvalue weighted by Crippen LogP contribution is 2.30. The quantitative estimate of drug-likeness (QED) is 0.488. The molecule has 0 aliphatic rings. The highest BCUT2D eigenvalue weighted by Gasteiger charge is 2.14. The van der Waals surface area contributed by atoms with E-state index in [9.17, 15) is 4.79 Å². The number of methoxy groups -OCH3 is 2. The fourth-order valence-electron chi connectivity index (χ4n) is 2.87. The van der Waals surface area contributed by atoms with Gasteiger partial charge in [-0.2, -0.15) is 0 Å². The normalized spacial score (nSPS) is 11.2. The predicted octanol–water partition coefficient (Wildman–Crippen LogP) is 2.78. The van der Waals surface area contributed by atoms with Crippen LogP contribution in [0.1, 0.15) is 16.0 Å². The number of nitrogens with one attached hydrogen (secondary N) is 1. The number of guanidine groups is 1. The highest BCUT2D eigenvalue weighted by molar-refractivity contribution is 7.09. The van der Waals surface area contributed by atoms with Crippen LogP contribution in [0.15, 0.2) is 34.6 Å². The first-order valence-corrected chi connectivity index (χ1v) is 10.7. The fourth-order valence-corrected chi connectivity index (χ4v) is 3.58. The van der Waals surface area contributed by atoms with Crippen LogP contribution in [0.3, 0.4) is 0 Å². The van der Waals surface area contributed by atoms with Gasteiger partial charge in [-0.25, -0.2) is 4.99 Å². The number of benzene rings is 1. The van der Waals surface area contributed by atoms with E-state index in [2.05, 4.69) is 27.8 Å². The topological polar surface area (TPSA) is 66.4 Å². The SMILES string of the molecule is COc1cc(C)c(CN(C)C(=NCC(=O)N(C)C)NCCc2cccs2)cc1OC. The summed E-state index contributed by atoms with van der Waals surface area (Å²) in [7, 11) is 8.70. The summed E-state index contributed by atoms with van der Waals surface area (Å²) in [5, 5.41) is 5.47. The van der Waals surface area contributed by atoms with Gasteiger partial charge >= 0.3 is 0 Å². The number of thiophene rings is 1. The second kappa shape index (κ2) is 11.4. The van der Waals surface area contributed by atoms with Crippen LogP contribution in [0.25, 0.3) is 0 Å². The zero-order valence-electron chi connectivity index (χ0n) is 18.7. The van der Waals surface area contributed by atoms with Crippen molar-refractivity contribution in [1.29, 1.82) is 0 Å². The standard InChI is InChI=1S/C22H32N4O3S/c1-16-12-19(28-5)20(29-6)13-17(16)15-26(4)22(24-14-21(27)25(2)3)23-10-9-18-8-7-11-30-18/h7-8,11-13H,9-10,14-15H2,1-6H3,(H,23,24). The number of carbonyl (C=O) groups excluding carboxylic acids is 1. The fraction of sp³-hybridized carbons (Fsp3) is 0.455. The predicted molar refractivity (Wildman–Crippen MR) is 123 cm³/mol. The second-order valence-electron chi connectivity index (χ2n) is 7.17. The van der Waals surface area contributed by atoms with Crippen LogP contribution >= 0.6 is 11.3 Å². The maximum Gasteiger partial charge on any atom is 0.243 e. The Morgan fingerprint density at radius 1 is 1.17 bits per heavy atom. The molecule has 0 unspecified atom stereocenters. The van der Waals surface area contributed by atoms with Crippen molar-refractivity contribution in [3.63, 3.8) is 0 Å². The Balaban J connectivity index is 2.15. The Labute approximate surface area is 183 Å². The number of amides is 1. The van der Waals surface area contributed by atoms with E-state index in [1.807, 2.05) is 31.0 Å². The molecule has 2 rings (SSSR count). The zero-order chi connectivity index (χ0) is 22.1. The van der Waals surface area contributed by atoms with E-state index in [0.29, 0.717) is 24.0 Å². The van der Waals surface area contributed by atoms with E-state index in [-0.39, 0.29) is 12.5 Å². The Hall–Kier alpha value is -2.74. The van der Waals surface area contributed by atoms with Crippen molar-refractivity contribution in [2.24, 2.45) is 4.99 Å². The van der Waals surface area contributed by atoms with Gasteiger partial charge in [0.15, 0.2) is 17.5 Å². The molecule has 7 nitrogen and oxygen atoms in total. The molecular formula is C22H32N4O3S. The van der Waals surface area contributed by atoms with E-state index in [1.165, 1.54) is 4.88 Å². The van der Waals surface area contributed by atoms with Gasteiger partial charge in [0.2, 0.25) is 5.91 Å². The molecular weight excluding hydrogens is 400 g/mol. The number of carbonyl (C=O) groups is 1. The van der Waals surface area contributed by atoms with E-state index >= 15 is 0 Å². The average molecular weight is 433 g/mol. The van der Waals surface area contributed by atoms with Crippen LogP contribution in [0.2, 0.25) is 0 Å². The van der Waals surface area contributed by atoms with E-state index < -0.39 is 0 Å². The third-order valence-corrected chi connectivity index (χ3v) is 5.64. The van der Waals surface area contributed by atoms with Gasteiger partial charge in [-0.3, -0.25) is 4.79 Å². The summed E-state index contributed by atoms with van der Waals surface area (Å²) in [4.78, 5) is 21.5. The van der Waals surface area contributed by atoms with Crippen molar-refractivity contribution in [1.82, 2.24) is 15.1 Å². The number of hydrogen-bond acceptors (Lipinski definition) is 5. The molecule has 0 aliphatic carbocycles. The minimum absolute atomic E-state index is 0.0387. The molecule has 164 valence electrons. The van der Waals surface area contributed by atoms with Crippen molar-refractivity contribution >= 4 is 23.2 Å². The van der Waals surface area contributed by atoms with Gasteiger partial charge in [-0.05, 0) is 48.1 Å². The van der Waals surface area contributed by atoms with Crippen molar-refractivity contribution in [2.75, 3.05) is 48.5 Å². The molecule has 0 saturated carbocycles. The number of rotatable bonds is 9. The molecule has 0 bridgehead atoms. The van der Waals surface area contributed by atoms with Gasteiger partial charge in [-0.15, -0.1) is 11.3 Å². The number of aliphatic imine (C=N–C) groups is 1. The first-order valence-electron chi connectivity index (χ1n) is 9.79. The van der Waals surface area contributed by atoms with Crippen molar-refractivity contribution in [2.45, 2.75) is 19.9 Å². The molecule has 1 aromatic carbocycles. The number of aryl methyl sites for hydroxylation is 1. The van der Waals surface area contributed by atoms with E-state index in [1.54, 1.807) is 44.6 Å². The van der Waals surface area contributed by atoms with Crippen LogP contribution in [0, 0.1) is 6.92 Å². The molecule has 0 radical (unpaired) electrons. The molecule has 0 aliphatic heterocycles. The molecule has 30 heavy (non-hydrogen) atoms. The first-order chi connectivity index (χ1) is 14.3. The average Bonchev–Trinajstić information content (AvgIpc) is 3.24. The molecule has 8 heteroatoms. The maximum atomic E-state index is 12.0. The van der Waals surface area contributed by atoms with Crippen LogP contribution in [0.4, 0.5) is 0 Å². The summed E-state index contributed by atoms with van der Waals surface area (Å²) >= 11 is 1.74. The lowest BCUT2D eigenvalue weighted by Gasteiger charge is -2.24. The maximum absolute atomic E-state index is 12.0. The molecule has 1 amide bonds. The van der Waals surface area contributed by atoms with E-state index in [0.717, 1.165) is 24.1 Å². The van der Waals surface area contributed by atoms with Gasteiger partial charge in [0, 0.05) is 39.1 Å². The molecule has 1 N–H and O–H groups in total. The Kier molecular flexibility index (Phi) is 8.98. The third-order valence-electron chi connectivity index (χ3n) is 4.71. The Bertz CT molecular complexity index is 850. The molecule has 0 atom stereocenters. The Morgan fingerprint density at radius 3 is 2.47 bits per heavy atom. The molecule has 0 spiro atoms. The summed E-state index contributed by atoms with van der Waals surface area (Å²) < 4.78 is 10.8. The minimum Gasteiger partial charge on any atom is -0.493 e. The summed E-state index contributed by atoms with van der Waals surface area (Å²) in [6.45, 7) is 3.50. The summed E-state index contributed by atoms with van der Waals surface area (Å²) in [6, 6.07) is 8.13. The summed E-state index contributed by atoms with van der Waals surface area (Å²) in [5.41, 5.74) is 2.20. The first kappa shape index (κ1) is 23.5. The summed E-state index contributed by atoms with van der Waals surface area (Å²) in [5.74, 6) is 2.05. The van der Waals surface area contributed by atoms with Gasteiger partial charge in [-0.1, -0.05) is 6.07 Å². The minimum atomic E-state index is -0.0387. The van der Waals surface area contributed by atoms with Gasteiger partial charge < -0.3 is 24.6 Å². The highest BCUT2D eigenvalue weighted by atomic mass is 32.1. The van der Waals surface area contributed by atoms with Crippen LogP contribution < -0.4 is 14.8 Å². The van der Waals surface area contributed by atoms with Gasteiger partial charge in [0.25, 0.3) is 0 Å². The lowest BCUT2D eigenvalue weighted by molar-refractivity contribution is -0.127. The third kappa shape index (κ3) is 6.66. The molecule has 0 saturated heterocycles.